The van der Waals surface area contributed by atoms with Gasteiger partial charge in [-0.05, 0) is 148 Å². The van der Waals surface area contributed by atoms with Crippen molar-refractivity contribution in [3.8, 4) is 56.0 Å². The zero-order valence-corrected chi connectivity index (χ0v) is 36.1. The fourth-order valence-electron chi connectivity index (χ4n) is 8.06. The third-order valence-corrected chi connectivity index (χ3v) is 11.5. The van der Waals surface area contributed by atoms with Crippen molar-refractivity contribution in [3.63, 3.8) is 0 Å². The van der Waals surface area contributed by atoms with Crippen LogP contribution < -0.4 is 0 Å². The molecule has 0 spiro atoms. The first-order chi connectivity index (χ1) is 35.5. The van der Waals surface area contributed by atoms with Gasteiger partial charge in [0.1, 0.15) is 0 Å². The maximum Gasteiger partial charge on any atom is 0.0708 e. The van der Waals surface area contributed by atoms with E-state index >= 15 is 0 Å². The van der Waals surface area contributed by atoms with Gasteiger partial charge in [0.15, 0.2) is 0 Å². The first-order valence-corrected chi connectivity index (χ1v) is 21.4. The van der Waals surface area contributed by atoms with Crippen LogP contribution in [0.3, 0.4) is 0 Å². The monoisotopic (exact) mass is 841 g/mol. The molecule has 3 heteroatoms. The number of hydrogen-bond donors (Lipinski definition) is 0. The Morgan fingerprint density at radius 1 is 0.422 bits per heavy atom. The van der Waals surface area contributed by atoms with Crippen molar-refractivity contribution >= 4 is 0 Å². The Balaban J connectivity index is 1.07. The fraction of sp³-hybridized carbons (Fsp3) is 0.164. The lowest BCUT2D eigenvalue weighted by Gasteiger charge is -2.26. The van der Waals surface area contributed by atoms with E-state index in [9.17, 15) is 11.0 Å². The van der Waals surface area contributed by atoms with Crippen LogP contribution in [0.4, 0.5) is 0 Å². The van der Waals surface area contributed by atoms with E-state index in [0.29, 0.717) is 28.2 Å². The lowest BCUT2D eigenvalue weighted by molar-refractivity contribution is 0.522. The van der Waals surface area contributed by atoms with E-state index in [-0.39, 0.29) is 34.2 Å². The van der Waals surface area contributed by atoms with Gasteiger partial charge in [-0.2, -0.15) is 0 Å². The number of aromatic nitrogens is 3. The zero-order valence-electron chi connectivity index (χ0n) is 47.1. The minimum absolute atomic E-state index is 0.0663. The molecule has 0 radical (unpaired) electrons. The van der Waals surface area contributed by atoms with Crippen molar-refractivity contribution in [2.75, 3.05) is 0 Å². The van der Waals surface area contributed by atoms with Gasteiger partial charge in [-0.3, -0.25) is 15.0 Å². The number of nitrogens with zero attached hydrogens (tertiary/aromatic N) is 3. The third kappa shape index (κ3) is 10.0. The molecule has 0 bridgehead atoms. The van der Waals surface area contributed by atoms with Crippen LogP contribution in [0.25, 0.3) is 56.0 Å². The Kier molecular flexibility index (Phi) is 9.14. The largest absolute Gasteiger partial charge is 0.256 e. The molecule has 3 heterocycles. The molecule has 0 unspecified atom stereocenters. The van der Waals surface area contributed by atoms with E-state index < -0.39 is 37.8 Å². The highest BCUT2D eigenvalue weighted by atomic mass is 14.7. The van der Waals surface area contributed by atoms with Crippen LogP contribution in [0.5, 0.6) is 0 Å². The molecule has 64 heavy (non-hydrogen) atoms. The summed E-state index contributed by atoms with van der Waals surface area (Å²) in [6, 6.07) is 53.9. The summed E-state index contributed by atoms with van der Waals surface area (Å²) in [5, 5.41) is 0. The lowest BCUT2D eigenvalue weighted by atomic mass is 9.78. The number of pyridine rings is 3. The molecule has 314 valence electrons. The molecule has 9 rings (SSSR count). The van der Waals surface area contributed by atoms with Crippen molar-refractivity contribution in [1.29, 1.82) is 0 Å². The van der Waals surface area contributed by atoms with Crippen molar-refractivity contribution < 1.29 is 15.1 Å². The lowest BCUT2D eigenvalue weighted by Crippen LogP contribution is -2.20. The van der Waals surface area contributed by atoms with Crippen LogP contribution in [0.2, 0.25) is 0 Å². The van der Waals surface area contributed by atoms with Gasteiger partial charge in [-0.25, -0.2) is 0 Å². The van der Waals surface area contributed by atoms with E-state index in [0.717, 1.165) is 44.5 Å². The van der Waals surface area contributed by atoms with Crippen LogP contribution >= 0.6 is 0 Å². The van der Waals surface area contributed by atoms with Gasteiger partial charge in [0.25, 0.3) is 0 Å². The van der Waals surface area contributed by atoms with E-state index in [1.54, 1.807) is 60.9 Å². The Hall–Kier alpha value is -7.23. The van der Waals surface area contributed by atoms with Crippen LogP contribution in [0, 0.1) is 13.8 Å². The second-order valence-corrected chi connectivity index (χ2v) is 16.7. The number of rotatable bonds is 14. The van der Waals surface area contributed by atoms with E-state index in [1.165, 1.54) is 36.5 Å². The summed E-state index contributed by atoms with van der Waals surface area (Å²) in [5.41, 5.74) is 9.16. The molecule has 0 N–H and O–H groups in total. The van der Waals surface area contributed by atoms with Crippen molar-refractivity contribution in [3.05, 3.63) is 245 Å². The predicted molar refractivity (Wildman–Crippen MR) is 267 cm³/mol. The molecule has 0 aliphatic rings. The highest BCUT2D eigenvalue weighted by Gasteiger charge is 2.22. The topological polar surface area (TPSA) is 38.7 Å². The van der Waals surface area contributed by atoms with Crippen molar-refractivity contribution in [2.24, 2.45) is 0 Å². The molecule has 6 aromatic carbocycles. The van der Waals surface area contributed by atoms with Gasteiger partial charge in [0, 0.05) is 50.4 Å². The Labute approximate surface area is 395 Å². The smallest absolute Gasteiger partial charge is 0.0708 e. The Morgan fingerprint density at radius 2 is 0.938 bits per heavy atom. The zero-order chi connectivity index (χ0) is 53.6. The molecule has 0 aliphatic heterocycles. The van der Waals surface area contributed by atoms with Gasteiger partial charge in [-0.1, -0.05) is 166 Å². The van der Waals surface area contributed by atoms with Crippen LogP contribution in [0.15, 0.2) is 201 Å². The number of benzene rings is 6. The maximum atomic E-state index is 9.54. The van der Waals surface area contributed by atoms with Gasteiger partial charge >= 0.3 is 0 Å². The molecule has 0 saturated carbocycles. The van der Waals surface area contributed by atoms with Crippen LogP contribution in [-0.2, 0) is 37.3 Å². The van der Waals surface area contributed by atoms with Crippen molar-refractivity contribution in [1.82, 2.24) is 15.0 Å². The van der Waals surface area contributed by atoms with Gasteiger partial charge < -0.3 is 0 Å². The molecule has 3 nitrogen and oxygen atoms in total. The highest BCUT2D eigenvalue weighted by Crippen LogP contribution is 2.35. The second-order valence-electron chi connectivity index (χ2n) is 16.7. The molecule has 0 aliphatic carbocycles. The summed E-state index contributed by atoms with van der Waals surface area (Å²) in [5.74, 6) is 0. The second kappa shape index (κ2) is 19.0. The highest BCUT2D eigenvalue weighted by molar-refractivity contribution is 5.78. The first kappa shape index (κ1) is 30.8. The SMILES string of the molecule is [2H]C([2H])([2H])c1cnc(-c2ccc(C(C)(C)Cc3cc(C([2H])([2H])C([2H])([2H])c4ccc(-c5ccccn5)cc4)cc(C([2H])([2H])C([2H])([2H])c4ccc(-c5ccccn5)cc4)c3)cc2)cc1-c1ccc(-c2ccccc2)cc1C. The van der Waals surface area contributed by atoms with Crippen LogP contribution in [0.1, 0.15) is 73.4 Å². The minimum Gasteiger partial charge on any atom is -0.256 e. The summed E-state index contributed by atoms with van der Waals surface area (Å²) >= 11 is 0. The summed E-state index contributed by atoms with van der Waals surface area (Å²) in [6.45, 7) is 3.57. The standard InChI is InChI=1S/C61H55N3/c1-43-36-54(50-12-6-5-7-13-50)30-33-56(43)57-40-60(64-42-44(57)2)53-28-31-55(32-29-53)61(3,4)41-49-38-47(18-16-45-20-24-51(25-21-45)58-14-8-10-34-62-58)37-48(39-49)19-17-46-22-26-52(27-23-46)59-15-9-11-35-63-59/h5-15,20-40,42H,16-19,41H2,1-4H3/i2D3,16D2,17D2,18D2,19D2. The predicted octanol–water partition coefficient (Wildman–Crippen LogP) is 14.9. The first-order valence-electron chi connectivity index (χ1n) is 26.9. The van der Waals surface area contributed by atoms with Gasteiger partial charge in [0.05, 0.1) is 17.1 Å². The summed E-state index contributed by atoms with van der Waals surface area (Å²) in [6.07, 6.45) is -5.77. The normalized spacial score (nSPS) is 15.1. The molecule has 0 fully saturated rings. The van der Waals surface area contributed by atoms with E-state index in [1.807, 2.05) is 118 Å². The molecular weight excluding hydrogens is 775 g/mol. The summed E-state index contributed by atoms with van der Waals surface area (Å²) in [4.78, 5) is 13.4. The molecule has 0 atom stereocenters. The molecule has 0 saturated heterocycles. The maximum absolute atomic E-state index is 9.54. The number of aryl methyl sites for hydroxylation is 6. The molecular formula is C61H55N3. The van der Waals surface area contributed by atoms with Crippen molar-refractivity contribution in [2.45, 2.75) is 65.0 Å². The summed E-state index contributed by atoms with van der Waals surface area (Å²) < 4.78 is 101. The minimum atomic E-state index is -2.74. The third-order valence-electron chi connectivity index (χ3n) is 11.5. The van der Waals surface area contributed by atoms with E-state index in [2.05, 4.69) is 21.0 Å². The average molecular weight is 841 g/mol. The molecule has 3 aromatic heterocycles. The molecule has 0 amide bonds. The van der Waals surface area contributed by atoms with Gasteiger partial charge in [-0.15, -0.1) is 0 Å². The summed E-state index contributed by atoms with van der Waals surface area (Å²) in [7, 11) is 0. The molecule has 9 aromatic rings. The Morgan fingerprint density at radius 3 is 1.48 bits per heavy atom. The average Bonchev–Trinajstić information content (AvgIpc) is 3.41. The number of hydrogen-bond acceptors (Lipinski definition) is 3. The van der Waals surface area contributed by atoms with Crippen LogP contribution in [-0.4, -0.2) is 15.0 Å². The fourth-order valence-corrected chi connectivity index (χ4v) is 8.06. The van der Waals surface area contributed by atoms with E-state index in [4.69, 9.17) is 4.11 Å². The van der Waals surface area contributed by atoms with Gasteiger partial charge in [0.2, 0.25) is 0 Å². The Bertz CT molecular complexity index is 3330. The quantitative estimate of drug-likeness (QED) is 0.109.